The first-order valence-electron chi connectivity index (χ1n) is 8.13. The number of hydrogen-bond acceptors (Lipinski definition) is 7. The highest BCUT2D eigenvalue weighted by molar-refractivity contribution is 6.31. The van der Waals surface area contributed by atoms with Crippen LogP contribution in [-0.4, -0.2) is 19.9 Å². The van der Waals surface area contributed by atoms with Gasteiger partial charge in [0.25, 0.3) is 0 Å². The van der Waals surface area contributed by atoms with Crippen molar-refractivity contribution in [3.8, 4) is 0 Å². The van der Waals surface area contributed by atoms with E-state index in [1.54, 1.807) is 24.3 Å². The van der Waals surface area contributed by atoms with Gasteiger partial charge in [-0.05, 0) is 30.3 Å². The standard InChI is InChI=1S/C17H11Cl2F3N6O2/c18-10-1-3-11(4-2-10)26-16-25-8-14(28(29)30)15(27-16)24-7-13-12(19)5-9(6-23-13)17(20,21)22/h1-6,8H,7H2,(H2,24,25,26,27). The maximum absolute atomic E-state index is 12.7. The fourth-order valence-corrected chi connectivity index (χ4v) is 2.64. The average Bonchev–Trinajstić information content (AvgIpc) is 2.68. The van der Waals surface area contributed by atoms with Gasteiger partial charge in [-0.15, -0.1) is 0 Å². The first-order chi connectivity index (χ1) is 14.1. The minimum absolute atomic E-state index is 0.0527. The van der Waals surface area contributed by atoms with Gasteiger partial charge in [0.1, 0.15) is 6.20 Å². The molecule has 0 radical (unpaired) electrons. The SMILES string of the molecule is O=[N+]([O-])c1cnc(Nc2ccc(Cl)cc2)nc1NCc1ncc(C(F)(F)F)cc1Cl. The molecular weight excluding hydrogens is 448 g/mol. The molecule has 0 bridgehead atoms. The molecule has 3 rings (SSSR count). The van der Waals surface area contributed by atoms with E-state index in [-0.39, 0.29) is 29.0 Å². The van der Waals surface area contributed by atoms with Crippen LogP contribution in [0, 0.1) is 10.1 Å². The van der Waals surface area contributed by atoms with E-state index in [0.717, 1.165) is 12.3 Å². The molecule has 0 aliphatic rings. The lowest BCUT2D eigenvalue weighted by atomic mass is 10.2. The van der Waals surface area contributed by atoms with Crippen LogP contribution in [0.3, 0.4) is 0 Å². The van der Waals surface area contributed by atoms with Crippen molar-refractivity contribution in [1.82, 2.24) is 15.0 Å². The first-order valence-corrected chi connectivity index (χ1v) is 8.88. The van der Waals surface area contributed by atoms with Gasteiger partial charge in [0.05, 0.1) is 27.7 Å². The Labute approximate surface area is 177 Å². The first kappa shape index (κ1) is 21.5. The Morgan fingerprint density at radius 3 is 2.40 bits per heavy atom. The van der Waals surface area contributed by atoms with Gasteiger partial charge in [-0.1, -0.05) is 23.2 Å². The Bertz CT molecular complexity index is 1080. The number of alkyl halides is 3. The highest BCUT2D eigenvalue weighted by atomic mass is 35.5. The van der Waals surface area contributed by atoms with Gasteiger partial charge in [-0.25, -0.2) is 4.98 Å². The van der Waals surface area contributed by atoms with Crippen molar-refractivity contribution in [3.05, 3.63) is 74.1 Å². The summed E-state index contributed by atoms with van der Waals surface area (Å²) in [6, 6.07) is 7.31. The van der Waals surface area contributed by atoms with Crippen LogP contribution in [0.25, 0.3) is 0 Å². The molecule has 3 aromatic rings. The van der Waals surface area contributed by atoms with Gasteiger partial charge in [0.2, 0.25) is 11.8 Å². The molecule has 0 saturated heterocycles. The largest absolute Gasteiger partial charge is 0.417 e. The quantitative estimate of drug-likeness (QED) is 0.373. The Morgan fingerprint density at radius 2 is 1.80 bits per heavy atom. The van der Waals surface area contributed by atoms with Gasteiger partial charge in [0, 0.05) is 16.9 Å². The maximum atomic E-state index is 12.7. The highest BCUT2D eigenvalue weighted by Crippen LogP contribution is 2.31. The Balaban J connectivity index is 1.81. The van der Waals surface area contributed by atoms with Gasteiger partial charge in [-0.2, -0.15) is 18.2 Å². The molecule has 0 aliphatic heterocycles. The summed E-state index contributed by atoms with van der Waals surface area (Å²) in [6.45, 7) is -0.199. The summed E-state index contributed by atoms with van der Waals surface area (Å²) in [5, 5.41) is 17.0. The molecule has 0 aliphatic carbocycles. The minimum atomic E-state index is -4.59. The molecule has 2 N–H and O–H groups in total. The third-order valence-corrected chi connectivity index (χ3v) is 4.31. The summed E-state index contributed by atoms with van der Waals surface area (Å²) >= 11 is 11.7. The number of halogens is 5. The number of hydrogen-bond donors (Lipinski definition) is 2. The van der Waals surface area contributed by atoms with Gasteiger partial charge < -0.3 is 10.6 Å². The molecule has 156 valence electrons. The van der Waals surface area contributed by atoms with E-state index in [2.05, 4.69) is 25.6 Å². The summed E-state index contributed by atoms with van der Waals surface area (Å²) in [5.74, 6) is -0.110. The van der Waals surface area contributed by atoms with E-state index in [1.807, 2.05) is 0 Å². The van der Waals surface area contributed by atoms with E-state index >= 15 is 0 Å². The van der Waals surface area contributed by atoms with Crippen LogP contribution in [-0.2, 0) is 12.7 Å². The Hall–Kier alpha value is -3.18. The second kappa shape index (κ2) is 8.67. The van der Waals surface area contributed by atoms with Gasteiger partial charge in [0.15, 0.2) is 0 Å². The van der Waals surface area contributed by atoms with Crippen LogP contribution in [0.2, 0.25) is 10.0 Å². The zero-order valence-electron chi connectivity index (χ0n) is 14.7. The van der Waals surface area contributed by atoms with Crippen molar-refractivity contribution in [3.63, 3.8) is 0 Å². The molecule has 8 nitrogen and oxygen atoms in total. The third kappa shape index (κ3) is 5.24. The number of pyridine rings is 1. The molecule has 0 saturated carbocycles. The lowest BCUT2D eigenvalue weighted by molar-refractivity contribution is -0.384. The van der Waals surface area contributed by atoms with Crippen molar-refractivity contribution in [2.24, 2.45) is 0 Å². The number of nitro groups is 1. The number of anilines is 3. The Kier molecular flexibility index (Phi) is 6.22. The monoisotopic (exact) mass is 458 g/mol. The highest BCUT2D eigenvalue weighted by Gasteiger charge is 2.31. The Morgan fingerprint density at radius 1 is 1.10 bits per heavy atom. The van der Waals surface area contributed by atoms with Crippen molar-refractivity contribution in [2.45, 2.75) is 12.7 Å². The molecule has 0 spiro atoms. The molecule has 0 amide bonds. The fourth-order valence-electron chi connectivity index (χ4n) is 2.28. The van der Waals surface area contributed by atoms with Crippen LogP contribution >= 0.6 is 23.2 Å². The number of aromatic nitrogens is 3. The van der Waals surface area contributed by atoms with E-state index < -0.39 is 22.4 Å². The number of benzene rings is 1. The molecule has 30 heavy (non-hydrogen) atoms. The summed E-state index contributed by atoms with van der Waals surface area (Å²) in [4.78, 5) is 22.2. The average molecular weight is 459 g/mol. The predicted molar refractivity (Wildman–Crippen MR) is 105 cm³/mol. The molecule has 0 fully saturated rings. The number of rotatable bonds is 6. The van der Waals surface area contributed by atoms with Crippen LogP contribution in [0.4, 0.5) is 36.3 Å². The van der Waals surface area contributed by atoms with E-state index in [0.29, 0.717) is 16.9 Å². The normalized spacial score (nSPS) is 11.2. The second-order valence-electron chi connectivity index (χ2n) is 5.82. The summed E-state index contributed by atoms with van der Waals surface area (Å²) in [7, 11) is 0. The lowest BCUT2D eigenvalue weighted by Gasteiger charge is -2.11. The maximum Gasteiger partial charge on any atom is 0.417 e. The molecule has 2 heterocycles. The molecular formula is C17H11Cl2F3N6O2. The van der Waals surface area contributed by atoms with Crippen LogP contribution in [0.15, 0.2) is 42.7 Å². The fraction of sp³-hybridized carbons (Fsp3) is 0.118. The van der Waals surface area contributed by atoms with Crippen LogP contribution in [0.1, 0.15) is 11.3 Å². The molecule has 1 aromatic carbocycles. The summed E-state index contributed by atoms with van der Waals surface area (Å²) < 4.78 is 38.2. The minimum Gasteiger partial charge on any atom is -0.358 e. The zero-order chi connectivity index (χ0) is 21.9. The summed E-state index contributed by atoms with van der Waals surface area (Å²) in [6.07, 6.45) is -2.96. The van der Waals surface area contributed by atoms with E-state index in [9.17, 15) is 23.3 Å². The van der Waals surface area contributed by atoms with Crippen molar-refractivity contribution in [1.29, 1.82) is 0 Å². The van der Waals surface area contributed by atoms with Crippen molar-refractivity contribution < 1.29 is 18.1 Å². The van der Waals surface area contributed by atoms with E-state index in [1.165, 1.54) is 0 Å². The van der Waals surface area contributed by atoms with Crippen LogP contribution in [0.5, 0.6) is 0 Å². The van der Waals surface area contributed by atoms with E-state index in [4.69, 9.17) is 23.2 Å². The molecule has 0 atom stereocenters. The van der Waals surface area contributed by atoms with Crippen LogP contribution < -0.4 is 10.6 Å². The summed E-state index contributed by atoms with van der Waals surface area (Å²) in [5.41, 5.74) is -0.783. The smallest absolute Gasteiger partial charge is 0.358 e. The number of nitrogens with zero attached hydrogens (tertiary/aromatic N) is 4. The molecule has 2 aromatic heterocycles. The zero-order valence-corrected chi connectivity index (χ0v) is 16.3. The van der Waals surface area contributed by atoms with Crippen molar-refractivity contribution in [2.75, 3.05) is 10.6 Å². The molecule has 0 unspecified atom stereocenters. The van der Waals surface area contributed by atoms with Gasteiger partial charge in [-0.3, -0.25) is 15.1 Å². The van der Waals surface area contributed by atoms with Crippen molar-refractivity contribution >= 4 is 46.3 Å². The number of nitrogens with one attached hydrogen (secondary N) is 2. The molecule has 13 heteroatoms. The lowest BCUT2D eigenvalue weighted by Crippen LogP contribution is -2.10. The topological polar surface area (TPSA) is 106 Å². The van der Waals surface area contributed by atoms with Gasteiger partial charge >= 0.3 is 11.9 Å². The second-order valence-corrected chi connectivity index (χ2v) is 6.66. The predicted octanol–water partition coefficient (Wildman–Crippen LogP) is 5.46. The third-order valence-electron chi connectivity index (χ3n) is 3.73.